The van der Waals surface area contributed by atoms with Crippen LogP contribution in [-0.2, 0) is 0 Å². The lowest BCUT2D eigenvalue weighted by molar-refractivity contribution is -0.274. The number of nitrogen functional groups attached to an aromatic ring is 1. The zero-order chi connectivity index (χ0) is 16.0. The van der Waals surface area contributed by atoms with E-state index in [0.29, 0.717) is 13.1 Å². The first-order chi connectivity index (χ1) is 9.78. The average molecular weight is 302 g/mol. The van der Waals surface area contributed by atoms with Gasteiger partial charge in [0.05, 0.1) is 5.69 Å². The molecule has 0 aliphatic carbocycles. The lowest BCUT2D eigenvalue weighted by Gasteiger charge is -2.21. The van der Waals surface area contributed by atoms with Crippen LogP contribution >= 0.6 is 0 Å². The van der Waals surface area contributed by atoms with E-state index < -0.39 is 12.1 Å². The van der Waals surface area contributed by atoms with Gasteiger partial charge in [-0.3, -0.25) is 4.79 Å². The maximum atomic E-state index is 12.2. The van der Waals surface area contributed by atoms with E-state index in [1.807, 2.05) is 6.92 Å². The highest BCUT2D eigenvalue weighted by molar-refractivity contribution is 5.95. The van der Waals surface area contributed by atoms with E-state index in [2.05, 4.69) is 11.3 Å². The van der Waals surface area contributed by atoms with Crippen LogP contribution in [0.3, 0.4) is 0 Å². The van der Waals surface area contributed by atoms with Crippen molar-refractivity contribution in [3.63, 3.8) is 0 Å². The number of carbonyl (C=O) groups is 1. The number of anilines is 1. The third kappa shape index (κ3) is 5.02. The predicted molar refractivity (Wildman–Crippen MR) is 73.9 cm³/mol. The predicted octanol–water partition coefficient (Wildman–Crippen LogP) is 3.21. The van der Waals surface area contributed by atoms with Gasteiger partial charge in [0.25, 0.3) is 5.91 Å². The number of carbonyl (C=O) groups excluding carboxylic acids is 1. The number of benzene rings is 1. The standard InChI is InChI=1S/C14H17F3N2O2/c1-3-7-19(8-4-2)13(20)10-5-6-12(11(18)9-10)21-14(15,16)17/h3,5-6,9H,1,4,7-8,18H2,2H3. The molecule has 0 saturated heterocycles. The summed E-state index contributed by atoms with van der Waals surface area (Å²) in [7, 11) is 0. The molecule has 0 spiro atoms. The fraction of sp³-hybridized carbons (Fsp3) is 0.357. The number of alkyl halides is 3. The zero-order valence-corrected chi connectivity index (χ0v) is 11.6. The Morgan fingerprint density at radius 3 is 2.62 bits per heavy atom. The molecule has 0 bridgehead atoms. The molecule has 21 heavy (non-hydrogen) atoms. The molecule has 1 aromatic carbocycles. The molecule has 116 valence electrons. The van der Waals surface area contributed by atoms with Gasteiger partial charge >= 0.3 is 6.36 Å². The highest BCUT2D eigenvalue weighted by Crippen LogP contribution is 2.29. The summed E-state index contributed by atoms with van der Waals surface area (Å²) in [6.45, 7) is 6.36. The van der Waals surface area contributed by atoms with Gasteiger partial charge in [-0.05, 0) is 24.6 Å². The van der Waals surface area contributed by atoms with Crippen molar-refractivity contribution in [3.05, 3.63) is 36.4 Å². The minimum Gasteiger partial charge on any atom is -0.404 e. The third-order valence-electron chi connectivity index (χ3n) is 2.61. The molecule has 4 nitrogen and oxygen atoms in total. The molecule has 0 aliphatic rings. The van der Waals surface area contributed by atoms with Crippen molar-refractivity contribution >= 4 is 11.6 Å². The van der Waals surface area contributed by atoms with Gasteiger partial charge < -0.3 is 15.4 Å². The van der Waals surface area contributed by atoms with Crippen LogP contribution in [0.4, 0.5) is 18.9 Å². The molecular formula is C14H17F3N2O2. The summed E-state index contributed by atoms with van der Waals surface area (Å²) in [5.74, 6) is -0.841. The van der Waals surface area contributed by atoms with Crippen LogP contribution in [0.2, 0.25) is 0 Å². The Balaban J connectivity index is 2.96. The smallest absolute Gasteiger partial charge is 0.404 e. The van der Waals surface area contributed by atoms with Crippen LogP contribution in [0.15, 0.2) is 30.9 Å². The molecule has 2 N–H and O–H groups in total. The summed E-state index contributed by atoms with van der Waals surface area (Å²) in [5, 5.41) is 0. The number of rotatable bonds is 6. The molecule has 0 radical (unpaired) electrons. The van der Waals surface area contributed by atoms with E-state index >= 15 is 0 Å². The minimum atomic E-state index is -4.82. The van der Waals surface area contributed by atoms with Crippen LogP contribution in [0, 0.1) is 0 Å². The van der Waals surface area contributed by atoms with Gasteiger partial charge in [-0.15, -0.1) is 19.8 Å². The van der Waals surface area contributed by atoms with Gasteiger partial charge in [0.15, 0.2) is 5.75 Å². The summed E-state index contributed by atoms with van der Waals surface area (Å²) < 4.78 is 40.2. The minimum absolute atomic E-state index is 0.206. The van der Waals surface area contributed by atoms with Crippen LogP contribution in [-0.4, -0.2) is 30.3 Å². The van der Waals surface area contributed by atoms with E-state index in [1.54, 1.807) is 6.08 Å². The van der Waals surface area contributed by atoms with Gasteiger partial charge in [-0.1, -0.05) is 13.0 Å². The van der Waals surface area contributed by atoms with Gasteiger partial charge in [0, 0.05) is 18.7 Å². The van der Waals surface area contributed by atoms with Crippen LogP contribution in [0.1, 0.15) is 23.7 Å². The molecule has 7 heteroatoms. The maximum absolute atomic E-state index is 12.2. The van der Waals surface area contributed by atoms with Crippen LogP contribution < -0.4 is 10.5 Å². The van der Waals surface area contributed by atoms with Crippen molar-refractivity contribution in [2.24, 2.45) is 0 Å². The molecule has 0 aliphatic heterocycles. The van der Waals surface area contributed by atoms with E-state index in [1.165, 1.54) is 17.0 Å². The molecule has 1 amide bonds. The number of nitrogens with two attached hydrogens (primary N) is 1. The molecule has 0 saturated carbocycles. The molecule has 0 fully saturated rings. The fourth-order valence-electron chi connectivity index (χ4n) is 1.78. The van der Waals surface area contributed by atoms with Crippen LogP contribution in [0.25, 0.3) is 0 Å². The van der Waals surface area contributed by atoms with Crippen LogP contribution in [0.5, 0.6) is 5.75 Å². The molecule has 1 rings (SSSR count). The molecule has 0 unspecified atom stereocenters. The van der Waals surface area contributed by atoms with Crippen molar-refractivity contribution < 1.29 is 22.7 Å². The van der Waals surface area contributed by atoms with Crippen molar-refractivity contribution in [3.8, 4) is 5.75 Å². The number of nitrogens with zero attached hydrogens (tertiary/aromatic N) is 1. The Hall–Kier alpha value is -2.18. The highest BCUT2D eigenvalue weighted by atomic mass is 19.4. The summed E-state index contributed by atoms with van der Waals surface area (Å²) in [4.78, 5) is 13.8. The molecular weight excluding hydrogens is 285 g/mol. The normalized spacial score (nSPS) is 11.0. The Labute approximate surface area is 121 Å². The topological polar surface area (TPSA) is 55.6 Å². The quantitative estimate of drug-likeness (QED) is 0.648. The Morgan fingerprint density at radius 1 is 1.48 bits per heavy atom. The summed E-state index contributed by atoms with van der Waals surface area (Å²) in [5.41, 5.74) is 5.46. The van der Waals surface area contributed by atoms with E-state index in [4.69, 9.17) is 5.73 Å². The van der Waals surface area contributed by atoms with E-state index in [0.717, 1.165) is 12.5 Å². The Morgan fingerprint density at radius 2 is 2.14 bits per heavy atom. The van der Waals surface area contributed by atoms with E-state index in [9.17, 15) is 18.0 Å². The highest BCUT2D eigenvalue weighted by Gasteiger charge is 2.32. The SMILES string of the molecule is C=CCN(CCC)C(=O)c1ccc(OC(F)(F)F)c(N)c1. The summed E-state index contributed by atoms with van der Waals surface area (Å²) >= 11 is 0. The average Bonchev–Trinajstić information content (AvgIpc) is 2.38. The summed E-state index contributed by atoms with van der Waals surface area (Å²) in [6, 6.07) is 3.47. The first-order valence-corrected chi connectivity index (χ1v) is 6.34. The van der Waals surface area contributed by atoms with Gasteiger partial charge in [-0.25, -0.2) is 0 Å². The first-order valence-electron chi connectivity index (χ1n) is 6.34. The van der Waals surface area contributed by atoms with Crippen molar-refractivity contribution in [1.29, 1.82) is 0 Å². The number of amides is 1. The molecule has 0 aromatic heterocycles. The Bertz CT molecular complexity index is 515. The van der Waals surface area contributed by atoms with Crippen molar-refractivity contribution in [2.45, 2.75) is 19.7 Å². The number of hydrogen-bond donors (Lipinski definition) is 1. The second kappa shape index (κ2) is 7.01. The third-order valence-corrected chi connectivity index (χ3v) is 2.61. The number of hydrogen-bond acceptors (Lipinski definition) is 3. The lowest BCUT2D eigenvalue weighted by Crippen LogP contribution is -2.32. The summed E-state index contributed by atoms with van der Waals surface area (Å²) in [6.07, 6.45) is -2.49. The second-order valence-electron chi connectivity index (χ2n) is 4.34. The lowest BCUT2D eigenvalue weighted by atomic mass is 10.1. The molecule has 1 aromatic rings. The van der Waals surface area contributed by atoms with Crippen molar-refractivity contribution in [1.82, 2.24) is 4.90 Å². The van der Waals surface area contributed by atoms with E-state index in [-0.39, 0.29) is 17.2 Å². The number of halogens is 3. The largest absolute Gasteiger partial charge is 0.573 e. The monoisotopic (exact) mass is 302 g/mol. The second-order valence-corrected chi connectivity index (χ2v) is 4.34. The fourth-order valence-corrected chi connectivity index (χ4v) is 1.78. The first kappa shape index (κ1) is 16.9. The Kier molecular flexibility index (Phi) is 5.63. The van der Waals surface area contributed by atoms with Crippen molar-refractivity contribution in [2.75, 3.05) is 18.8 Å². The molecule has 0 heterocycles. The molecule has 0 atom stereocenters. The number of ether oxygens (including phenoxy) is 1. The maximum Gasteiger partial charge on any atom is 0.573 e. The van der Waals surface area contributed by atoms with Gasteiger partial charge in [0.1, 0.15) is 0 Å². The zero-order valence-electron chi connectivity index (χ0n) is 11.6. The van der Waals surface area contributed by atoms with Gasteiger partial charge in [-0.2, -0.15) is 0 Å². The van der Waals surface area contributed by atoms with Gasteiger partial charge in [0.2, 0.25) is 0 Å².